The maximum Gasteiger partial charge on any atom is 0.309 e. The Morgan fingerprint density at radius 1 is 0.750 bits per heavy atom. The summed E-state index contributed by atoms with van der Waals surface area (Å²) in [5.41, 5.74) is 0.469. The van der Waals surface area contributed by atoms with Gasteiger partial charge in [-0.1, -0.05) is 147 Å². The highest BCUT2D eigenvalue weighted by Crippen LogP contribution is 2.35. The normalized spacial score (nSPS) is 14.2. The van der Waals surface area contributed by atoms with Crippen molar-refractivity contribution in [2.24, 2.45) is 11.3 Å². The van der Waals surface area contributed by atoms with Crippen molar-refractivity contribution in [1.82, 2.24) is 0 Å². The van der Waals surface area contributed by atoms with Crippen LogP contribution in [0.1, 0.15) is 135 Å². The fraction of sp³-hybridized carbons (Fsp3) is 0.767. The SMILES string of the molecule is CCCCCCCCCCC(CCCCCCCC)CC(C)(Cc1ccccc1)C(=O)O. The maximum atomic E-state index is 12.3. The lowest BCUT2D eigenvalue weighted by Crippen LogP contribution is -2.32. The van der Waals surface area contributed by atoms with Gasteiger partial charge >= 0.3 is 5.97 Å². The van der Waals surface area contributed by atoms with Crippen molar-refractivity contribution in [1.29, 1.82) is 0 Å². The summed E-state index contributed by atoms with van der Waals surface area (Å²) in [6.45, 7) is 6.51. The minimum absolute atomic E-state index is 0.533. The molecule has 0 radical (unpaired) electrons. The van der Waals surface area contributed by atoms with Crippen LogP contribution < -0.4 is 0 Å². The lowest BCUT2D eigenvalue weighted by Gasteiger charge is -2.30. The molecule has 0 aliphatic carbocycles. The Bertz CT molecular complexity index is 567. The van der Waals surface area contributed by atoms with E-state index in [1.54, 1.807) is 0 Å². The minimum atomic E-state index is -0.672. The van der Waals surface area contributed by atoms with Gasteiger partial charge in [0.15, 0.2) is 0 Å². The zero-order valence-electron chi connectivity index (χ0n) is 21.5. The number of hydrogen-bond acceptors (Lipinski definition) is 1. The average molecular weight is 445 g/mol. The van der Waals surface area contributed by atoms with E-state index in [4.69, 9.17) is 0 Å². The van der Waals surface area contributed by atoms with Crippen LogP contribution in [0.25, 0.3) is 0 Å². The molecule has 0 fully saturated rings. The van der Waals surface area contributed by atoms with Crippen LogP contribution in [-0.2, 0) is 11.2 Å². The average Bonchev–Trinajstić information content (AvgIpc) is 2.78. The highest BCUT2D eigenvalue weighted by molar-refractivity contribution is 5.74. The minimum Gasteiger partial charge on any atom is -0.481 e. The molecule has 2 unspecified atom stereocenters. The third-order valence-corrected chi connectivity index (χ3v) is 7.12. The Morgan fingerprint density at radius 2 is 1.19 bits per heavy atom. The van der Waals surface area contributed by atoms with Gasteiger partial charge in [0.05, 0.1) is 5.41 Å². The smallest absolute Gasteiger partial charge is 0.309 e. The summed E-state index contributed by atoms with van der Waals surface area (Å²) in [5.74, 6) is -0.101. The van der Waals surface area contributed by atoms with E-state index >= 15 is 0 Å². The third kappa shape index (κ3) is 13.3. The van der Waals surface area contributed by atoms with E-state index < -0.39 is 11.4 Å². The molecule has 1 aromatic carbocycles. The monoisotopic (exact) mass is 444 g/mol. The number of unbranched alkanes of at least 4 members (excludes halogenated alkanes) is 12. The molecule has 0 saturated carbocycles. The van der Waals surface area contributed by atoms with E-state index in [2.05, 4.69) is 26.0 Å². The van der Waals surface area contributed by atoms with Crippen molar-refractivity contribution >= 4 is 5.97 Å². The van der Waals surface area contributed by atoms with Crippen molar-refractivity contribution in [3.05, 3.63) is 35.9 Å². The van der Waals surface area contributed by atoms with Gasteiger partial charge in [0, 0.05) is 0 Å². The van der Waals surface area contributed by atoms with Gasteiger partial charge in [-0.15, -0.1) is 0 Å². The second kappa shape index (κ2) is 18.2. The standard InChI is InChI=1S/C30H52O2/c1-4-6-8-10-12-13-15-18-22-27(21-17-14-11-9-7-5-2)25-30(3,29(31)32)26-28-23-19-16-20-24-28/h16,19-20,23-24,27H,4-15,17-18,21-22,25-26H2,1-3H3,(H,31,32). The van der Waals surface area contributed by atoms with Crippen LogP contribution in [0.15, 0.2) is 30.3 Å². The van der Waals surface area contributed by atoms with Crippen molar-refractivity contribution in [3.8, 4) is 0 Å². The summed E-state index contributed by atoms with van der Waals surface area (Å²) in [4.78, 5) is 12.3. The molecular weight excluding hydrogens is 392 g/mol. The lowest BCUT2D eigenvalue weighted by molar-refractivity contribution is -0.149. The summed E-state index contributed by atoms with van der Waals surface area (Å²) in [6, 6.07) is 10.2. The largest absolute Gasteiger partial charge is 0.481 e. The summed E-state index contributed by atoms with van der Waals surface area (Å²) >= 11 is 0. The van der Waals surface area contributed by atoms with Gasteiger partial charge in [0.25, 0.3) is 0 Å². The first kappa shape index (κ1) is 28.7. The van der Waals surface area contributed by atoms with Gasteiger partial charge in [-0.05, 0) is 31.2 Å². The highest BCUT2D eigenvalue weighted by atomic mass is 16.4. The van der Waals surface area contributed by atoms with Gasteiger partial charge in [0.2, 0.25) is 0 Å². The van der Waals surface area contributed by atoms with Crippen LogP contribution in [-0.4, -0.2) is 11.1 Å². The fourth-order valence-corrected chi connectivity index (χ4v) is 5.05. The summed E-state index contributed by atoms with van der Waals surface area (Å²) in [7, 11) is 0. The van der Waals surface area contributed by atoms with Crippen LogP contribution in [0.5, 0.6) is 0 Å². The van der Waals surface area contributed by atoms with E-state index in [1.807, 2.05) is 25.1 Å². The third-order valence-electron chi connectivity index (χ3n) is 7.12. The number of rotatable bonds is 21. The lowest BCUT2D eigenvalue weighted by atomic mass is 9.74. The fourth-order valence-electron chi connectivity index (χ4n) is 5.05. The van der Waals surface area contributed by atoms with E-state index in [0.717, 1.165) is 12.0 Å². The second-order valence-corrected chi connectivity index (χ2v) is 10.4. The number of benzene rings is 1. The first-order valence-electron chi connectivity index (χ1n) is 13.8. The maximum absolute atomic E-state index is 12.3. The molecule has 0 spiro atoms. The van der Waals surface area contributed by atoms with Gasteiger partial charge in [0.1, 0.15) is 0 Å². The number of hydrogen-bond donors (Lipinski definition) is 1. The molecule has 32 heavy (non-hydrogen) atoms. The Hall–Kier alpha value is -1.31. The highest BCUT2D eigenvalue weighted by Gasteiger charge is 2.35. The molecule has 0 bridgehead atoms. The van der Waals surface area contributed by atoms with Crippen LogP contribution >= 0.6 is 0 Å². The Kier molecular flexibility index (Phi) is 16.3. The molecular formula is C30H52O2. The van der Waals surface area contributed by atoms with Crippen molar-refractivity contribution in [2.75, 3.05) is 0 Å². The number of aliphatic carboxylic acids is 1. The Morgan fingerprint density at radius 3 is 1.62 bits per heavy atom. The first-order chi connectivity index (χ1) is 15.5. The predicted octanol–water partition coefficient (Wildman–Crippen LogP) is 9.61. The van der Waals surface area contributed by atoms with Gasteiger partial charge in [-0.3, -0.25) is 4.79 Å². The van der Waals surface area contributed by atoms with E-state index in [1.165, 1.54) is 103 Å². The molecule has 0 aliphatic heterocycles. The molecule has 1 aromatic rings. The number of carboxylic acids is 1. The second-order valence-electron chi connectivity index (χ2n) is 10.4. The molecule has 0 saturated heterocycles. The molecule has 0 amide bonds. The van der Waals surface area contributed by atoms with Crippen molar-refractivity contribution < 1.29 is 9.90 Å². The molecule has 0 heterocycles. The summed E-state index contributed by atoms with van der Waals surface area (Å²) in [5, 5.41) is 10.1. The molecule has 2 heteroatoms. The molecule has 0 aliphatic rings. The molecule has 0 aromatic heterocycles. The van der Waals surface area contributed by atoms with Gasteiger partial charge in [-0.25, -0.2) is 0 Å². The Labute approximate surface area is 199 Å². The van der Waals surface area contributed by atoms with Crippen LogP contribution in [0, 0.1) is 11.3 Å². The quantitative estimate of drug-likeness (QED) is 0.192. The van der Waals surface area contributed by atoms with Gasteiger partial charge in [-0.2, -0.15) is 0 Å². The summed E-state index contributed by atoms with van der Waals surface area (Å²) in [6.07, 6.45) is 22.4. The van der Waals surface area contributed by atoms with Crippen LogP contribution in [0.2, 0.25) is 0 Å². The van der Waals surface area contributed by atoms with Gasteiger partial charge < -0.3 is 5.11 Å². The molecule has 1 N–H and O–H groups in total. The van der Waals surface area contributed by atoms with Crippen LogP contribution in [0.4, 0.5) is 0 Å². The molecule has 184 valence electrons. The van der Waals surface area contributed by atoms with Crippen LogP contribution in [0.3, 0.4) is 0 Å². The van der Waals surface area contributed by atoms with E-state index in [9.17, 15) is 9.90 Å². The Balaban J connectivity index is 2.57. The van der Waals surface area contributed by atoms with E-state index in [-0.39, 0.29) is 0 Å². The zero-order valence-corrected chi connectivity index (χ0v) is 21.5. The van der Waals surface area contributed by atoms with E-state index in [0.29, 0.717) is 12.3 Å². The zero-order chi connectivity index (χ0) is 23.5. The van der Waals surface area contributed by atoms with Crippen molar-refractivity contribution in [3.63, 3.8) is 0 Å². The summed E-state index contributed by atoms with van der Waals surface area (Å²) < 4.78 is 0. The number of carboxylic acid groups (broad SMARTS) is 1. The van der Waals surface area contributed by atoms with Crippen molar-refractivity contribution in [2.45, 2.75) is 136 Å². The molecule has 1 rings (SSSR count). The topological polar surface area (TPSA) is 37.3 Å². The molecule has 2 atom stereocenters. The molecule has 2 nitrogen and oxygen atoms in total. The number of carbonyl (C=O) groups is 1. The predicted molar refractivity (Wildman–Crippen MR) is 139 cm³/mol. The first-order valence-corrected chi connectivity index (χ1v) is 13.8.